The number of alkyl halides is 2. The quantitative estimate of drug-likeness (QED) is 0.293. The zero-order valence-electron chi connectivity index (χ0n) is 22.8. The first-order valence-corrected chi connectivity index (χ1v) is 14.3. The van der Waals surface area contributed by atoms with Crippen LogP contribution in [0.5, 0.6) is 0 Å². The van der Waals surface area contributed by atoms with Crippen molar-refractivity contribution >= 4 is 40.1 Å². The summed E-state index contributed by atoms with van der Waals surface area (Å²) in [6, 6.07) is 8.76. The minimum atomic E-state index is -2.63. The number of thiophene rings is 1. The molecule has 1 aliphatic heterocycles. The van der Waals surface area contributed by atoms with Gasteiger partial charge in [-0.1, -0.05) is 26.5 Å². The SMILES string of the molecule is C=CC(=O)N1CC[C@]2(C1)C[C@H](n1c(NC(=O)c3ccc(C(F)F)s3)nc3cc(CNCC(C)(C)CO)ccc31)C2. The minimum absolute atomic E-state index is 0.0322. The fourth-order valence-corrected chi connectivity index (χ4v) is 6.54. The van der Waals surface area contributed by atoms with Gasteiger partial charge in [0, 0.05) is 44.2 Å². The van der Waals surface area contributed by atoms with E-state index in [-0.39, 0.29) is 39.1 Å². The molecule has 2 aromatic heterocycles. The summed E-state index contributed by atoms with van der Waals surface area (Å²) >= 11 is 0.774. The number of aliphatic hydroxyl groups is 1. The Bertz CT molecular complexity index is 1430. The highest BCUT2D eigenvalue weighted by Gasteiger charge is 2.50. The van der Waals surface area contributed by atoms with E-state index in [9.17, 15) is 23.5 Å². The van der Waals surface area contributed by atoms with Crippen LogP contribution in [-0.4, -0.2) is 57.6 Å². The minimum Gasteiger partial charge on any atom is -0.396 e. The molecule has 5 rings (SSSR count). The van der Waals surface area contributed by atoms with Crippen LogP contribution < -0.4 is 10.6 Å². The van der Waals surface area contributed by atoms with E-state index in [0.29, 0.717) is 32.1 Å². The molecular weight excluding hydrogens is 536 g/mol. The molecule has 1 spiro atoms. The number of anilines is 1. The van der Waals surface area contributed by atoms with Crippen LogP contribution >= 0.6 is 11.3 Å². The van der Waals surface area contributed by atoms with Gasteiger partial charge in [-0.15, -0.1) is 11.3 Å². The molecule has 1 saturated carbocycles. The Hall–Kier alpha value is -3.15. The summed E-state index contributed by atoms with van der Waals surface area (Å²) in [4.78, 5) is 31.9. The third-order valence-corrected chi connectivity index (χ3v) is 9.12. The average Bonchev–Trinajstić information content (AvgIpc) is 3.64. The number of carbonyl (C=O) groups excluding carboxylic acids is 2. The van der Waals surface area contributed by atoms with Crippen LogP contribution in [-0.2, 0) is 11.3 Å². The average molecular weight is 572 g/mol. The van der Waals surface area contributed by atoms with E-state index < -0.39 is 12.3 Å². The molecule has 0 radical (unpaired) electrons. The number of hydrogen-bond donors (Lipinski definition) is 3. The van der Waals surface area contributed by atoms with Crippen molar-refractivity contribution in [2.75, 3.05) is 31.6 Å². The lowest BCUT2D eigenvalue weighted by Crippen LogP contribution is -2.42. The Kier molecular flexibility index (Phi) is 7.82. The summed E-state index contributed by atoms with van der Waals surface area (Å²) in [5.74, 6) is -0.140. The molecule has 40 heavy (non-hydrogen) atoms. The Balaban J connectivity index is 1.39. The number of aliphatic hydroxyl groups excluding tert-OH is 1. The molecule has 214 valence electrons. The summed E-state index contributed by atoms with van der Waals surface area (Å²) < 4.78 is 28.3. The van der Waals surface area contributed by atoms with Crippen LogP contribution in [0.1, 0.15) is 65.7 Å². The van der Waals surface area contributed by atoms with Gasteiger partial charge in [-0.05, 0) is 60.6 Å². The van der Waals surface area contributed by atoms with Gasteiger partial charge in [0.05, 0.1) is 20.8 Å². The zero-order valence-corrected chi connectivity index (χ0v) is 23.6. The van der Waals surface area contributed by atoms with E-state index >= 15 is 0 Å². The maximum absolute atomic E-state index is 13.1. The molecule has 1 aliphatic carbocycles. The molecular formula is C29H35F2N5O3S. The van der Waals surface area contributed by atoms with Gasteiger partial charge in [0.15, 0.2) is 0 Å². The number of hydrogen-bond acceptors (Lipinski definition) is 6. The smallest absolute Gasteiger partial charge is 0.272 e. The second-order valence-corrected chi connectivity index (χ2v) is 12.9. The molecule has 3 aromatic rings. The molecule has 11 heteroatoms. The van der Waals surface area contributed by atoms with Crippen LogP contribution in [0.25, 0.3) is 11.0 Å². The zero-order chi connectivity index (χ0) is 28.7. The van der Waals surface area contributed by atoms with Gasteiger partial charge < -0.3 is 19.9 Å². The molecule has 2 fully saturated rings. The van der Waals surface area contributed by atoms with Gasteiger partial charge in [-0.3, -0.25) is 14.9 Å². The molecule has 3 heterocycles. The molecule has 1 saturated heterocycles. The number of likely N-dealkylation sites (tertiary alicyclic amines) is 1. The van der Waals surface area contributed by atoms with Gasteiger partial charge in [0.25, 0.3) is 12.3 Å². The summed E-state index contributed by atoms with van der Waals surface area (Å²) in [6.07, 6.45) is 1.33. The van der Waals surface area contributed by atoms with E-state index in [1.54, 1.807) is 0 Å². The number of halogens is 2. The predicted octanol–water partition coefficient (Wildman–Crippen LogP) is 5.14. The van der Waals surface area contributed by atoms with Crippen LogP contribution in [0.2, 0.25) is 0 Å². The number of benzene rings is 1. The lowest BCUT2D eigenvalue weighted by molar-refractivity contribution is -0.125. The topological polar surface area (TPSA) is 99.5 Å². The van der Waals surface area contributed by atoms with E-state index in [1.807, 2.05) is 41.5 Å². The Morgan fingerprint density at radius 2 is 2.08 bits per heavy atom. The molecule has 2 amide bonds. The number of amides is 2. The molecule has 0 bridgehead atoms. The first-order chi connectivity index (χ1) is 19.0. The van der Waals surface area contributed by atoms with Crippen molar-refractivity contribution in [2.24, 2.45) is 10.8 Å². The van der Waals surface area contributed by atoms with Crippen molar-refractivity contribution in [1.82, 2.24) is 19.8 Å². The van der Waals surface area contributed by atoms with E-state index in [1.165, 1.54) is 18.2 Å². The largest absolute Gasteiger partial charge is 0.396 e. The van der Waals surface area contributed by atoms with Crippen LogP contribution in [0.4, 0.5) is 14.7 Å². The third-order valence-electron chi connectivity index (χ3n) is 8.03. The van der Waals surface area contributed by atoms with Crippen LogP contribution in [0.15, 0.2) is 43.0 Å². The highest BCUT2D eigenvalue weighted by atomic mass is 32.1. The van der Waals surface area contributed by atoms with Gasteiger partial charge in [0.2, 0.25) is 11.9 Å². The van der Waals surface area contributed by atoms with Crippen LogP contribution in [0.3, 0.4) is 0 Å². The van der Waals surface area contributed by atoms with Crippen molar-refractivity contribution in [1.29, 1.82) is 0 Å². The van der Waals surface area contributed by atoms with E-state index in [0.717, 1.165) is 47.2 Å². The number of imidazole rings is 1. The standard InChI is InChI=1S/C29H35F2N5O3S/c1-4-24(38)35-10-9-29(16-35)12-19(13-29)36-21-6-5-18(14-32-15-28(2,3)17-37)11-20(21)33-27(36)34-26(39)23-8-7-22(40-23)25(30)31/h4-8,11,19,25,32,37H,1,9-10,12-17H2,2-3H3,(H,33,34,39)/t19-,29-. The Morgan fingerprint density at radius 1 is 1.30 bits per heavy atom. The van der Waals surface area contributed by atoms with Crippen LogP contribution in [0, 0.1) is 10.8 Å². The summed E-state index contributed by atoms with van der Waals surface area (Å²) in [7, 11) is 0. The van der Waals surface area contributed by atoms with E-state index in [2.05, 4.69) is 17.2 Å². The van der Waals surface area contributed by atoms with Crippen molar-refractivity contribution in [3.8, 4) is 0 Å². The number of nitrogens with one attached hydrogen (secondary N) is 2. The van der Waals surface area contributed by atoms with Gasteiger partial charge in [0.1, 0.15) is 0 Å². The van der Waals surface area contributed by atoms with Crippen molar-refractivity contribution < 1.29 is 23.5 Å². The fourth-order valence-electron chi connectivity index (χ4n) is 5.78. The first-order valence-electron chi connectivity index (χ1n) is 13.5. The molecule has 2 aliphatic rings. The predicted molar refractivity (Wildman–Crippen MR) is 152 cm³/mol. The lowest BCUT2D eigenvalue weighted by atomic mass is 9.64. The second kappa shape index (κ2) is 11.0. The summed E-state index contributed by atoms with van der Waals surface area (Å²) in [5.41, 5.74) is 2.42. The first kappa shape index (κ1) is 28.4. The monoisotopic (exact) mass is 571 g/mol. The number of nitrogens with zero attached hydrogens (tertiary/aromatic N) is 3. The summed E-state index contributed by atoms with van der Waals surface area (Å²) in [5, 5.41) is 15.8. The molecule has 8 nitrogen and oxygen atoms in total. The number of aromatic nitrogens is 2. The van der Waals surface area contributed by atoms with Crippen molar-refractivity contribution in [3.05, 3.63) is 58.3 Å². The highest BCUT2D eigenvalue weighted by molar-refractivity contribution is 7.14. The lowest BCUT2D eigenvalue weighted by Gasteiger charge is -2.46. The number of carbonyl (C=O) groups is 2. The number of rotatable bonds is 10. The van der Waals surface area contributed by atoms with E-state index in [4.69, 9.17) is 4.98 Å². The third kappa shape index (κ3) is 5.68. The van der Waals surface area contributed by atoms with Crippen molar-refractivity contribution in [2.45, 2.75) is 52.1 Å². The molecule has 1 aromatic carbocycles. The van der Waals surface area contributed by atoms with Gasteiger partial charge >= 0.3 is 0 Å². The second-order valence-electron chi connectivity index (χ2n) is 11.8. The van der Waals surface area contributed by atoms with Crippen molar-refractivity contribution in [3.63, 3.8) is 0 Å². The number of fused-ring (bicyclic) bond motifs is 1. The normalized spacial score (nSPS) is 20.9. The maximum atomic E-state index is 13.1. The summed E-state index contributed by atoms with van der Waals surface area (Å²) in [6.45, 7) is 10.3. The maximum Gasteiger partial charge on any atom is 0.272 e. The Labute approximate surface area is 236 Å². The van der Waals surface area contributed by atoms with Gasteiger partial charge in [-0.25, -0.2) is 13.8 Å². The molecule has 3 N–H and O–H groups in total. The molecule has 0 atom stereocenters. The van der Waals surface area contributed by atoms with Gasteiger partial charge in [-0.2, -0.15) is 0 Å². The molecule has 0 unspecified atom stereocenters. The Morgan fingerprint density at radius 3 is 2.75 bits per heavy atom. The fraction of sp³-hybridized carbons (Fsp3) is 0.483. The highest BCUT2D eigenvalue weighted by Crippen LogP contribution is 2.55.